The van der Waals surface area contributed by atoms with E-state index in [0.29, 0.717) is 24.2 Å². The molecule has 20 heavy (non-hydrogen) atoms. The minimum atomic E-state index is -3.83. The van der Waals surface area contributed by atoms with Gasteiger partial charge < -0.3 is 11.1 Å². The van der Waals surface area contributed by atoms with Crippen LogP contribution in [0.5, 0.6) is 0 Å². The van der Waals surface area contributed by atoms with Gasteiger partial charge in [-0.3, -0.25) is 4.79 Å². The lowest BCUT2D eigenvalue weighted by Crippen LogP contribution is -2.50. The summed E-state index contributed by atoms with van der Waals surface area (Å²) < 4.78 is 26.9. The van der Waals surface area contributed by atoms with Crippen molar-refractivity contribution in [1.82, 2.24) is 10.0 Å². The zero-order chi connectivity index (χ0) is 14.9. The number of nitrogens with two attached hydrogens (primary N) is 1. The van der Waals surface area contributed by atoms with Crippen LogP contribution in [0.15, 0.2) is 17.0 Å². The molecule has 1 unspecified atom stereocenters. The Hall–Kier alpha value is -1.31. The Kier molecular flexibility index (Phi) is 4.22. The second-order valence-electron chi connectivity index (χ2n) is 4.73. The van der Waals surface area contributed by atoms with Crippen LogP contribution in [0.3, 0.4) is 0 Å². The summed E-state index contributed by atoms with van der Waals surface area (Å²) in [6.45, 7) is 2.27. The lowest BCUT2D eigenvalue weighted by atomic mass is 10.1. The third-order valence-corrected chi connectivity index (χ3v) is 5.09. The Balaban J connectivity index is 2.28. The lowest BCUT2D eigenvalue weighted by molar-refractivity contribution is -0.124. The van der Waals surface area contributed by atoms with Crippen molar-refractivity contribution in [3.05, 3.63) is 22.7 Å². The molecule has 1 aliphatic rings. The van der Waals surface area contributed by atoms with E-state index >= 15 is 0 Å². The summed E-state index contributed by atoms with van der Waals surface area (Å²) in [5.41, 5.74) is 6.65. The average molecular weight is 318 g/mol. The molecule has 6 nitrogen and oxygen atoms in total. The maximum Gasteiger partial charge on any atom is 0.241 e. The number of benzene rings is 1. The Morgan fingerprint density at radius 1 is 1.45 bits per heavy atom. The molecule has 1 saturated heterocycles. The molecule has 1 atom stereocenters. The number of nitrogen functional groups attached to an aromatic ring is 1. The van der Waals surface area contributed by atoms with Crippen molar-refractivity contribution in [1.29, 1.82) is 0 Å². The van der Waals surface area contributed by atoms with Crippen LogP contribution in [0.4, 0.5) is 5.69 Å². The van der Waals surface area contributed by atoms with Gasteiger partial charge >= 0.3 is 0 Å². The highest BCUT2D eigenvalue weighted by atomic mass is 35.5. The smallest absolute Gasteiger partial charge is 0.241 e. The predicted molar refractivity (Wildman–Crippen MR) is 77.0 cm³/mol. The third kappa shape index (κ3) is 3.05. The number of hydrogen-bond donors (Lipinski definition) is 3. The fraction of sp³-hybridized carbons (Fsp3) is 0.417. The van der Waals surface area contributed by atoms with Crippen LogP contribution in [0.2, 0.25) is 5.02 Å². The number of anilines is 1. The Morgan fingerprint density at radius 3 is 2.75 bits per heavy atom. The second kappa shape index (κ2) is 5.59. The fourth-order valence-corrected chi connectivity index (χ4v) is 3.55. The molecule has 4 N–H and O–H groups in total. The van der Waals surface area contributed by atoms with E-state index in [9.17, 15) is 13.2 Å². The van der Waals surface area contributed by atoms with Crippen LogP contribution in [0.25, 0.3) is 0 Å². The molecule has 8 heteroatoms. The quantitative estimate of drug-likeness (QED) is 0.717. The molecular formula is C12H16ClN3O3S. The van der Waals surface area contributed by atoms with Crippen LogP contribution in [-0.2, 0) is 14.8 Å². The first-order valence-electron chi connectivity index (χ1n) is 6.17. The summed E-state index contributed by atoms with van der Waals surface area (Å²) >= 11 is 5.95. The topological polar surface area (TPSA) is 101 Å². The van der Waals surface area contributed by atoms with E-state index in [0.717, 1.165) is 6.42 Å². The summed E-state index contributed by atoms with van der Waals surface area (Å²) in [6, 6.07) is 1.91. The number of carbonyl (C=O) groups excluding carboxylic acids is 1. The molecule has 110 valence electrons. The molecule has 0 spiro atoms. The number of carbonyl (C=O) groups is 1. The van der Waals surface area contributed by atoms with Gasteiger partial charge in [-0.1, -0.05) is 11.6 Å². The summed E-state index contributed by atoms with van der Waals surface area (Å²) in [5, 5.41) is 2.90. The van der Waals surface area contributed by atoms with Crippen molar-refractivity contribution < 1.29 is 13.2 Å². The van der Waals surface area contributed by atoms with Gasteiger partial charge in [0.05, 0.1) is 4.90 Å². The van der Waals surface area contributed by atoms with Crippen molar-refractivity contribution in [3.8, 4) is 0 Å². The first-order chi connectivity index (χ1) is 9.31. The van der Waals surface area contributed by atoms with Crippen LogP contribution >= 0.6 is 11.6 Å². The molecule has 0 aliphatic carbocycles. The van der Waals surface area contributed by atoms with Crippen LogP contribution in [0, 0.1) is 6.92 Å². The fourth-order valence-electron chi connectivity index (χ4n) is 1.97. The standard InChI is InChI=1S/C12H16ClN3O3S/c1-7-9(13)5-8(6-10(7)14)20(18,19)16-11-3-2-4-15-12(11)17/h5-6,11,16H,2-4,14H2,1H3,(H,15,17). The Morgan fingerprint density at radius 2 is 2.15 bits per heavy atom. The molecule has 2 rings (SSSR count). The highest BCUT2D eigenvalue weighted by Gasteiger charge is 2.28. The molecule has 1 aliphatic heterocycles. The van der Waals surface area contributed by atoms with Gasteiger partial charge in [0.25, 0.3) is 0 Å². The average Bonchev–Trinajstić information content (AvgIpc) is 2.38. The van der Waals surface area contributed by atoms with Gasteiger partial charge in [0.2, 0.25) is 15.9 Å². The Bertz CT molecular complexity index is 622. The van der Waals surface area contributed by atoms with Gasteiger partial charge in [-0.05, 0) is 37.5 Å². The van der Waals surface area contributed by atoms with Crippen molar-refractivity contribution in [2.45, 2.75) is 30.7 Å². The summed E-state index contributed by atoms with van der Waals surface area (Å²) in [6.07, 6.45) is 1.20. The number of hydrogen-bond acceptors (Lipinski definition) is 4. The molecule has 1 aromatic rings. The number of nitrogens with one attached hydrogen (secondary N) is 2. The number of amides is 1. The van der Waals surface area contributed by atoms with Crippen LogP contribution in [-0.4, -0.2) is 26.9 Å². The highest BCUT2D eigenvalue weighted by Crippen LogP contribution is 2.26. The maximum atomic E-state index is 12.3. The Labute approximate surface area is 122 Å². The minimum absolute atomic E-state index is 0.0380. The molecule has 1 aromatic carbocycles. The summed E-state index contributed by atoms with van der Waals surface area (Å²) in [5.74, 6) is -0.314. The van der Waals surface area contributed by atoms with E-state index in [1.807, 2.05) is 0 Å². The van der Waals surface area contributed by atoms with Gasteiger partial charge in [-0.15, -0.1) is 0 Å². The SMILES string of the molecule is Cc1c(N)cc(S(=O)(=O)NC2CCCNC2=O)cc1Cl. The van der Waals surface area contributed by atoms with Gasteiger partial charge in [-0.2, -0.15) is 4.72 Å². The van der Waals surface area contributed by atoms with E-state index in [1.165, 1.54) is 12.1 Å². The minimum Gasteiger partial charge on any atom is -0.398 e. The van der Waals surface area contributed by atoms with E-state index < -0.39 is 16.1 Å². The van der Waals surface area contributed by atoms with Crippen molar-refractivity contribution in [3.63, 3.8) is 0 Å². The van der Waals surface area contributed by atoms with Gasteiger partial charge in [-0.25, -0.2) is 8.42 Å². The zero-order valence-corrected chi connectivity index (χ0v) is 12.5. The molecular weight excluding hydrogens is 302 g/mol. The molecule has 0 saturated carbocycles. The van der Waals surface area contributed by atoms with Gasteiger partial charge in [0.1, 0.15) is 6.04 Å². The van der Waals surface area contributed by atoms with Crippen molar-refractivity contribution in [2.75, 3.05) is 12.3 Å². The van der Waals surface area contributed by atoms with Crippen LogP contribution < -0.4 is 15.8 Å². The molecule has 1 fully saturated rings. The number of rotatable bonds is 3. The third-order valence-electron chi connectivity index (χ3n) is 3.25. The first-order valence-corrected chi connectivity index (χ1v) is 8.03. The van der Waals surface area contributed by atoms with E-state index in [1.54, 1.807) is 6.92 Å². The maximum absolute atomic E-state index is 12.3. The second-order valence-corrected chi connectivity index (χ2v) is 6.85. The normalized spacial score (nSPS) is 19.7. The zero-order valence-electron chi connectivity index (χ0n) is 10.9. The number of piperidine rings is 1. The van der Waals surface area contributed by atoms with Crippen molar-refractivity contribution >= 4 is 33.2 Å². The molecule has 0 aromatic heterocycles. The van der Waals surface area contributed by atoms with Gasteiger partial charge in [0.15, 0.2) is 0 Å². The highest BCUT2D eigenvalue weighted by molar-refractivity contribution is 7.89. The summed E-state index contributed by atoms with van der Waals surface area (Å²) in [4.78, 5) is 11.6. The van der Waals surface area contributed by atoms with Crippen LogP contribution in [0.1, 0.15) is 18.4 Å². The van der Waals surface area contributed by atoms with Gasteiger partial charge in [0, 0.05) is 17.3 Å². The van der Waals surface area contributed by atoms with E-state index in [4.69, 9.17) is 17.3 Å². The largest absolute Gasteiger partial charge is 0.398 e. The molecule has 1 amide bonds. The molecule has 0 bridgehead atoms. The van der Waals surface area contributed by atoms with E-state index in [2.05, 4.69) is 10.0 Å². The molecule has 1 heterocycles. The number of sulfonamides is 1. The summed E-state index contributed by atoms with van der Waals surface area (Å²) in [7, 11) is -3.83. The predicted octanol–water partition coefficient (Wildman–Crippen LogP) is 0.788. The lowest BCUT2D eigenvalue weighted by Gasteiger charge is -2.22. The number of halogens is 1. The van der Waals surface area contributed by atoms with E-state index in [-0.39, 0.29) is 15.8 Å². The first kappa shape index (κ1) is 15.1. The molecule has 0 radical (unpaired) electrons. The monoisotopic (exact) mass is 317 g/mol. The van der Waals surface area contributed by atoms with Crippen molar-refractivity contribution in [2.24, 2.45) is 0 Å².